The van der Waals surface area contributed by atoms with Gasteiger partial charge in [-0.15, -0.1) is 11.3 Å². The highest BCUT2D eigenvalue weighted by Crippen LogP contribution is 2.19. The fourth-order valence-electron chi connectivity index (χ4n) is 1.02. The molecule has 0 saturated carbocycles. The topological polar surface area (TPSA) is 26.3 Å². The molecule has 0 atom stereocenters. The van der Waals surface area contributed by atoms with Crippen LogP contribution < -0.4 is 0 Å². The predicted molar refractivity (Wildman–Crippen MR) is 62.0 cm³/mol. The van der Waals surface area contributed by atoms with Crippen molar-refractivity contribution in [2.24, 2.45) is 0 Å². The number of unbranched alkanes of at least 4 members (excludes halogenated alkanes) is 1. The van der Waals surface area contributed by atoms with Crippen molar-refractivity contribution in [2.45, 2.75) is 19.3 Å². The zero-order valence-corrected chi connectivity index (χ0v) is 10.1. The highest BCUT2D eigenvalue weighted by Gasteiger charge is 1.97. The van der Waals surface area contributed by atoms with Crippen LogP contribution in [0.25, 0.3) is 0 Å². The van der Waals surface area contributed by atoms with Gasteiger partial charge in [0, 0.05) is 4.88 Å². The molecule has 0 spiro atoms. The van der Waals surface area contributed by atoms with Crippen molar-refractivity contribution in [3.05, 3.63) is 19.9 Å². The Hall–Kier alpha value is -0.100. The van der Waals surface area contributed by atoms with Gasteiger partial charge in [-0.1, -0.05) is 0 Å². The Morgan fingerprint density at radius 3 is 2.92 bits per heavy atom. The Morgan fingerprint density at radius 2 is 2.31 bits per heavy atom. The highest BCUT2D eigenvalue weighted by atomic mass is 127. The minimum absolute atomic E-state index is 0.508. The molecule has 0 aromatic carbocycles. The van der Waals surface area contributed by atoms with Crippen LogP contribution in [0.3, 0.4) is 0 Å². The Bertz CT molecular complexity index is 260. The van der Waals surface area contributed by atoms with E-state index in [4.69, 9.17) is 0 Å². The van der Waals surface area contributed by atoms with E-state index in [9.17, 15) is 4.79 Å². The van der Waals surface area contributed by atoms with E-state index in [1.165, 1.54) is 7.76 Å². The highest BCUT2D eigenvalue weighted by molar-refractivity contribution is 14.1. The molecule has 0 aliphatic heterocycles. The molecule has 0 aliphatic carbocycles. The minimum atomic E-state index is 0.508. The van der Waals surface area contributed by atoms with E-state index < -0.39 is 0 Å². The lowest BCUT2D eigenvalue weighted by Crippen LogP contribution is -1.92. The van der Waals surface area contributed by atoms with Crippen molar-refractivity contribution >= 4 is 40.4 Å². The monoisotopic (exact) mass is 310 g/mol. The maximum absolute atomic E-state index is 9.82. The summed E-state index contributed by atoms with van der Waals surface area (Å²) in [6, 6.07) is 4.29. The van der Waals surface area contributed by atoms with E-state index in [0.29, 0.717) is 13.1 Å². The van der Waals surface area contributed by atoms with Gasteiger partial charge in [0.15, 0.2) is 0 Å². The molecule has 13 heavy (non-hydrogen) atoms. The number of rotatable bonds is 6. The number of ether oxygens (including phenoxy) is 1. The maximum Gasteiger partial charge on any atom is 0.293 e. The van der Waals surface area contributed by atoms with Gasteiger partial charge in [0.05, 0.1) is 9.49 Å². The number of carbonyl (C=O) groups is 1. The zero-order valence-electron chi connectivity index (χ0n) is 7.16. The predicted octanol–water partition coefficient (Wildman–Crippen LogP) is 2.85. The molecule has 0 N–H and O–H groups in total. The fourth-order valence-corrected chi connectivity index (χ4v) is 2.82. The molecule has 0 fully saturated rings. The maximum atomic E-state index is 9.82. The number of halogens is 1. The van der Waals surface area contributed by atoms with E-state index in [1.54, 1.807) is 0 Å². The molecular weight excluding hydrogens is 299 g/mol. The normalized spacial score (nSPS) is 9.92. The smallest absolute Gasteiger partial charge is 0.293 e. The van der Waals surface area contributed by atoms with Crippen LogP contribution in [0.4, 0.5) is 0 Å². The van der Waals surface area contributed by atoms with Crippen LogP contribution in [0.2, 0.25) is 0 Å². The average molecular weight is 310 g/mol. The summed E-state index contributed by atoms with van der Waals surface area (Å²) in [7, 11) is 0. The summed E-state index contributed by atoms with van der Waals surface area (Å²) >= 11 is 4.15. The molecule has 2 nitrogen and oxygen atoms in total. The van der Waals surface area contributed by atoms with Crippen LogP contribution in [-0.4, -0.2) is 13.1 Å². The van der Waals surface area contributed by atoms with Crippen molar-refractivity contribution in [2.75, 3.05) is 6.61 Å². The number of hydrogen-bond acceptors (Lipinski definition) is 3. The van der Waals surface area contributed by atoms with E-state index in [1.807, 2.05) is 11.3 Å². The lowest BCUT2D eigenvalue weighted by molar-refractivity contribution is -0.128. The second kappa shape index (κ2) is 6.37. The molecule has 1 aromatic rings. The van der Waals surface area contributed by atoms with E-state index >= 15 is 0 Å². The first-order chi connectivity index (χ1) is 6.33. The molecule has 0 radical (unpaired) electrons. The van der Waals surface area contributed by atoms with Crippen molar-refractivity contribution in [3.8, 4) is 0 Å². The standard InChI is InChI=1S/C9H11IO2S/c10-9-5-4-8(13-9)3-1-2-6-12-7-11/h4-5,7H,1-3,6H2. The summed E-state index contributed by atoms with van der Waals surface area (Å²) in [6.45, 7) is 1.06. The average Bonchev–Trinajstić information content (AvgIpc) is 2.51. The van der Waals surface area contributed by atoms with Gasteiger partial charge >= 0.3 is 0 Å². The summed E-state index contributed by atoms with van der Waals surface area (Å²) < 4.78 is 5.93. The molecule has 1 heterocycles. The van der Waals surface area contributed by atoms with Crippen LogP contribution in [-0.2, 0) is 16.0 Å². The Kier molecular flexibility index (Phi) is 5.38. The van der Waals surface area contributed by atoms with E-state index in [2.05, 4.69) is 39.5 Å². The summed E-state index contributed by atoms with van der Waals surface area (Å²) in [4.78, 5) is 11.2. The van der Waals surface area contributed by atoms with Gasteiger partial charge in [-0.25, -0.2) is 0 Å². The van der Waals surface area contributed by atoms with Crippen LogP contribution in [0.15, 0.2) is 12.1 Å². The van der Waals surface area contributed by atoms with Gasteiger partial charge in [-0.05, 0) is 54.0 Å². The molecular formula is C9H11IO2S. The Labute approximate surface area is 95.4 Å². The van der Waals surface area contributed by atoms with Crippen LogP contribution >= 0.6 is 33.9 Å². The third-order valence-corrected chi connectivity index (χ3v) is 3.59. The largest absolute Gasteiger partial charge is 0.468 e. The van der Waals surface area contributed by atoms with Gasteiger partial charge < -0.3 is 4.74 Å². The molecule has 0 aliphatic rings. The number of aryl methyl sites for hydroxylation is 1. The Balaban J connectivity index is 2.09. The van der Waals surface area contributed by atoms with E-state index in [0.717, 1.165) is 19.3 Å². The molecule has 0 bridgehead atoms. The van der Waals surface area contributed by atoms with E-state index in [-0.39, 0.29) is 0 Å². The Morgan fingerprint density at radius 1 is 1.46 bits per heavy atom. The van der Waals surface area contributed by atoms with Crippen molar-refractivity contribution in [1.29, 1.82) is 0 Å². The SMILES string of the molecule is O=COCCCCc1ccc(I)s1. The van der Waals surface area contributed by atoms with Crippen molar-refractivity contribution in [3.63, 3.8) is 0 Å². The number of thiophene rings is 1. The first-order valence-electron chi connectivity index (χ1n) is 4.12. The molecule has 0 amide bonds. The molecule has 0 unspecified atom stereocenters. The van der Waals surface area contributed by atoms with Gasteiger partial charge in [-0.3, -0.25) is 4.79 Å². The summed E-state index contributed by atoms with van der Waals surface area (Å²) in [5.74, 6) is 0. The molecule has 4 heteroatoms. The first kappa shape index (κ1) is 11.0. The van der Waals surface area contributed by atoms with Gasteiger partial charge in [-0.2, -0.15) is 0 Å². The van der Waals surface area contributed by atoms with Crippen LogP contribution in [0.5, 0.6) is 0 Å². The molecule has 0 saturated heterocycles. The van der Waals surface area contributed by atoms with Crippen LogP contribution in [0, 0.1) is 2.88 Å². The minimum Gasteiger partial charge on any atom is -0.468 e. The quantitative estimate of drug-likeness (QED) is 0.459. The van der Waals surface area contributed by atoms with Gasteiger partial charge in [0.25, 0.3) is 6.47 Å². The van der Waals surface area contributed by atoms with Crippen molar-refractivity contribution in [1.82, 2.24) is 0 Å². The number of hydrogen-bond donors (Lipinski definition) is 0. The lowest BCUT2D eigenvalue weighted by Gasteiger charge is -1.97. The second-order valence-electron chi connectivity index (χ2n) is 2.63. The summed E-state index contributed by atoms with van der Waals surface area (Å²) in [5, 5.41) is 0. The van der Waals surface area contributed by atoms with Crippen LogP contribution in [0.1, 0.15) is 17.7 Å². The molecule has 1 aromatic heterocycles. The van der Waals surface area contributed by atoms with Gasteiger partial charge in [0.1, 0.15) is 0 Å². The zero-order chi connectivity index (χ0) is 9.52. The first-order valence-corrected chi connectivity index (χ1v) is 6.02. The second-order valence-corrected chi connectivity index (χ2v) is 5.69. The summed E-state index contributed by atoms with van der Waals surface area (Å²) in [5.41, 5.74) is 0. The number of carbonyl (C=O) groups excluding carboxylic acids is 1. The van der Waals surface area contributed by atoms with Crippen molar-refractivity contribution < 1.29 is 9.53 Å². The molecule has 1 rings (SSSR count). The summed E-state index contributed by atoms with van der Waals surface area (Å²) in [6.07, 6.45) is 3.13. The third kappa shape index (κ3) is 4.61. The lowest BCUT2D eigenvalue weighted by atomic mass is 10.2. The fraction of sp³-hybridized carbons (Fsp3) is 0.444. The van der Waals surface area contributed by atoms with Gasteiger partial charge in [0.2, 0.25) is 0 Å². The third-order valence-electron chi connectivity index (χ3n) is 1.63. The molecule has 72 valence electrons.